The first-order valence-electron chi connectivity index (χ1n) is 9.99. The van der Waals surface area contributed by atoms with Crippen LogP contribution < -0.4 is 20.3 Å². The van der Waals surface area contributed by atoms with E-state index in [0.717, 1.165) is 5.56 Å². The highest BCUT2D eigenvalue weighted by Gasteiger charge is 2.17. The SMILES string of the molecule is Cc1ccc(-n2c(SCC(=O)Nc3ccc4c(c3)OCO4)nc3ccccc3c2=O)cc1. The first kappa shape index (κ1) is 20.1. The summed E-state index contributed by atoms with van der Waals surface area (Å²) in [5.41, 5.74) is 2.84. The maximum Gasteiger partial charge on any atom is 0.266 e. The van der Waals surface area contributed by atoms with Crippen molar-refractivity contribution in [2.45, 2.75) is 12.1 Å². The number of amides is 1. The smallest absolute Gasteiger partial charge is 0.266 e. The van der Waals surface area contributed by atoms with Crippen LogP contribution in [0, 0.1) is 6.92 Å². The molecule has 1 aliphatic heterocycles. The predicted molar refractivity (Wildman–Crippen MR) is 124 cm³/mol. The van der Waals surface area contributed by atoms with E-state index >= 15 is 0 Å². The van der Waals surface area contributed by atoms with Gasteiger partial charge in [-0.2, -0.15) is 0 Å². The number of benzene rings is 3. The fourth-order valence-electron chi connectivity index (χ4n) is 3.43. The first-order valence-corrected chi connectivity index (χ1v) is 11.0. The molecular formula is C24H19N3O4S. The van der Waals surface area contributed by atoms with E-state index in [2.05, 4.69) is 10.3 Å². The van der Waals surface area contributed by atoms with Gasteiger partial charge in [-0.3, -0.25) is 14.2 Å². The van der Waals surface area contributed by atoms with E-state index in [9.17, 15) is 9.59 Å². The van der Waals surface area contributed by atoms with Gasteiger partial charge in [0.25, 0.3) is 5.56 Å². The van der Waals surface area contributed by atoms with E-state index < -0.39 is 0 Å². The summed E-state index contributed by atoms with van der Waals surface area (Å²) in [5.74, 6) is 1.12. The van der Waals surface area contributed by atoms with Crippen molar-refractivity contribution in [3.05, 3.63) is 82.6 Å². The molecule has 3 aromatic carbocycles. The summed E-state index contributed by atoms with van der Waals surface area (Å²) in [6.45, 7) is 2.16. The number of ether oxygens (including phenoxy) is 2. The molecule has 1 aromatic heterocycles. The van der Waals surface area contributed by atoms with Crippen LogP contribution >= 0.6 is 11.8 Å². The first-order chi connectivity index (χ1) is 15.6. The molecule has 2 heterocycles. The number of nitrogens with zero attached hydrogens (tertiary/aromatic N) is 2. The van der Waals surface area contributed by atoms with Crippen molar-refractivity contribution in [1.29, 1.82) is 0 Å². The molecule has 1 amide bonds. The van der Waals surface area contributed by atoms with Crippen molar-refractivity contribution in [1.82, 2.24) is 9.55 Å². The molecule has 0 aliphatic carbocycles. The predicted octanol–water partition coefficient (Wildman–Crippen LogP) is 4.15. The Labute approximate surface area is 188 Å². The van der Waals surface area contributed by atoms with Gasteiger partial charge in [-0.05, 0) is 43.3 Å². The Morgan fingerprint density at radius 3 is 2.69 bits per heavy atom. The highest BCUT2D eigenvalue weighted by Crippen LogP contribution is 2.34. The van der Waals surface area contributed by atoms with Crippen LogP contribution in [0.4, 0.5) is 5.69 Å². The quantitative estimate of drug-likeness (QED) is 0.367. The maximum atomic E-state index is 13.3. The lowest BCUT2D eigenvalue weighted by Crippen LogP contribution is -2.23. The Morgan fingerprint density at radius 2 is 1.84 bits per heavy atom. The van der Waals surface area contributed by atoms with Gasteiger partial charge < -0.3 is 14.8 Å². The van der Waals surface area contributed by atoms with Crippen molar-refractivity contribution < 1.29 is 14.3 Å². The van der Waals surface area contributed by atoms with Gasteiger partial charge in [0.05, 0.1) is 22.3 Å². The summed E-state index contributed by atoms with van der Waals surface area (Å²) < 4.78 is 12.2. The molecule has 7 nitrogen and oxygen atoms in total. The van der Waals surface area contributed by atoms with E-state index in [1.54, 1.807) is 34.9 Å². The fraction of sp³-hybridized carbons (Fsp3) is 0.125. The van der Waals surface area contributed by atoms with Crippen LogP contribution in [0.25, 0.3) is 16.6 Å². The number of para-hydroxylation sites is 1. The summed E-state index contributed by atoms with van der Waals surface area (Å²) in [4.78, 5) is 30.5. The number of carbonyl (C=O) groups is 1. The summed E-state index contributed by atoms with van der Waals surface area (Å²) in [6.07, 6.45) is 0. The zero-order valence-electron chi connectivity index (χ0n) is 17.2. The minimum Gasteiger partial charge on any atom is -0.454 e. The Hall–Kier alpha value is -3.78. The van der Waals surface area contributed by atoms with Gasteiger partial charge in [-0.15, -0.1) is 0 Å². The molecule has 5 rings (SSSR count). The molecule has 0 saturated heterocycles. The van der Waals surface area contributed by atoms with Crippen LogP contribution in [0.3, 0.4) is 0 Å². The number of fused-ring (bicyclic) bond motifs is 2. The number of rotatable bonds is 5. The highest BCUT2D eigenvalue weighted by atomic mass is 32.2. The lowest BCUT2D eigenvalue weighted by molar-refractivity contribution is -0.113. The number of anilines is 1. The third-order valence-electron chi connectivity index (χ3n) is 5.03. The van der Waals surface area contributed by atoms with Gasteiger partial charge in [0.1, 0.15) is 0 Å². The zero-order valence-corrected chi connectivity index (χ0v) is 18.0. The molecule has 0 unspecified atom stereocenters. The number of aromatic nitrogens is 2. The monoisotopic (exact) mass is 445 g/mol. The Kier molecular flexibility index (Phi) is 5.28. The van der Waals surface area contributed by atoms with Crippen LogP contribution in [0.2, 0.25) is 0 Å². The van der Waals surface area contributed by atoms with E-state index in [1.807, 2.05) is 43.3 Å². The number of hydrogen-bond acceptors (Lipinski definition) is 6. The van der Waals surface area contributed by atoms with Crippen LogP contribution in [0.15, 0.2) is 76.7 Å². The second kappa shape index (κ2) is 8.39. The van der Waals surface area contributed by atoms with Crippen molar-refractivity contribution in [3.63, 3.8) is 0 Å². The molecule has 1 N–H and O–H groups in total. The molecular weight excluding hydrogens is 426 g/mol. The normalized spacial score (nSPS) is 12.2. The summed E-state index contributed by atoms with van der Waals surface area (Å²) in [5, 5.41) is 3.84. The van der Waals surface area contributed by atoms with Gasteiger partial charge in [0.15, 0.2) is 16.7 Å². The molecule has 0 radical (unpaired) electrons. The molecule has 0 bridgehead atoms. The molecule has 32 heavy (non-hydrogen) atoms. The van der Waals surface area contributed by atoms with E-state index in [0.29, 0.717) is 38.9 Å². The molecule has 160 valence electrons. The van der Waals surface area contributed by atoms with Crippen molar-refractivity contribution in [2.24, 2.45) is 0 Å². The fourth-order valence-corrected chi connectivity index (χ4v) is 4.24. The van der Waals surface area contributed by atoms with E-state index in [4.69, 9.17) is 9.47 Å². The minimum atomic E-state index is -0.216. The molecule has 0 spiro atoms. The molecule has 1 aliphatic rings. The summed E-state index contributed by atoms with van der Waals surface area (Å²) in [6, 6.07) is 20.1. The number of nitrogens with one attached hydrogen (secondary N) is 1. The van der Waals surface area contributed by atoms with Crippen LogP contribution in [-0.2, 0) is 4.79 Å². The minimum absolute atomic E-state index is 0.0884. The highest BCUT2D eigenvalue weighted by molar-refractivity contribution is 7.99. The number of thioether (sulfide) groups is 1. The largest absolute Gasteiger partial charge is 0.454 e. The lowest BCUT2D eigenvalue weighted by atomic mass is 10.2. The van der Waals surface area contributed by atoms with Crippen LogP contribution in [-0.4, -0.2) is 28.0 Å². The average Bonchev–Trinajstić information content (AvgIpc) is 3.27. The third-order valence-corrected chi connectivity index (χ3v) is 5.96. The summed E-state index contributed by atoms with van der Waals surface area (Å²) >= 11 is 1.21. The van der Waals surface area contributed by atoms with Gasteiger partial charge in [-0.25, -0.2) is 4.98 Å². The topological polar surface area (TPSA) is 82.5 Å². The van der Waals surface area contributed by atoms with Gasteiger partial charge in [0, 0.05) is 11.8 Å². The number of aryl methyl sites for hydroxylation is 1. The van der Waals surface area contributed by atoms with Crippen LogP contribution in [0.5, 0.6) is 11.5 Å². The van der Waals surface area contributed by atoms with Crippen molar-refractivity contribution >= 4 is 34.3 Å². The van der Waals surface area contributed by atoms with Gasteiger partial charge in [0.2, 0.25) is 12.7 Å². The third kappa shape index (κ3) is 3.92. The molecule has 8 heteroatoms. The number of carbonyl (C=O) groups excluding carboxylic acids is 1. The maximum absolute atomic E-state index is 13.3. The molecule has 0 fully saturated rings. The second-order valence-electron chi connectivity index (χ2n) is 7.29. The molecule has 4 aromatic rings. The van der Waals surface area contributed by atoms with E-state index in [1.165, 1.54) is 11.8 Å². The van der Waals surface area contributed by atoms with Crippen molar-refractivity contribution in [3.8, 4) is 17.2 Å². The number of hydrogen-bond donors (Lipinski definition) is 1. The molecule has 0 saturated carbocycles. The van der Waals surface area contributed by atoms with Crippen molar-refractivity contribution in [2.75, 3.05) is 17.9 Å². The second-order valence-corrected chi connectivity index (χ2v) is 8.24. The Balaban J connectivity index is 1.43. The van der Waals surface area contributed by atoms with E-state index in [-0.39, 0.29) is 24.0 Å². The zero-order chi connectivity index (χ0) is 22.1. The van der Waals surface area contributed by atoms with Gasteiger partial charge >= 0.3 is 0 Å². The summed E-state index contributed by atoms with van der Waals surface area (Å²) in [7, 11) is 0. The molecule has 0 atom stereocenters. The lowest BCUT2D eigenvalue weighted by Gasteiger charge is -2.13. The average molecular weight is 446 g/mol. The Morgan fingerprint density at radius 1 is 1.06 bits per heavy atom. The standard InChI is InChI=1S/C24H19N3O4S/c1-15-6-9-17(10-7-15)27-23(29)18-4-2-3-5-19(18)26-24(27)32-13-22(28)25-16-8-11-20-21(12-16)31-14-30-20/h2-12H,13-14H2,1H3,(H,25,28). The van der Waals surface area contributed by atoms with Crippen LogP contribution in [0.1, 0.15) is 5.56 Å². The Bertz CT molecular complexity index is 1380. The van der Waals surface area contributed by atoms with Gasteiger partial charge in [-0.1, -0.05) is 41.6 Å².